The summed E-state index contributed by atoms with van der Waals surface area (Å²) in [6, 6.07) is 4.61. The summed E-state index contributed by atoms with van der Waals surface area (Å²) in [4.78, 5) is 49.5. The standard InChI is InChI=1S/C33H43ClF3N7O3S/c1-38-30-25(33(35,36)37)17-21(18-26(30)34)16-22(31(46)43-11-2-23(3-12-43)41-13-7-39-8-14-41)19-29(45)42-9-4-24(5-10-42)44-20-28-27(6-15-48-28)40-32(44)47/h6,15,17-18,22-24,38-39H,2-5,7-14,16,19-20H2,1H3,(H,40,47)/t22-/m0/s1. The summed E-state index contributed by atoms with van der Waals surface area (Å²) in [5.74, 6) is -1.26. The minimum atomic E-state index is -4.65. The molecule has 0 bridgehead atoms. The number of carbonyl (C=O) groups excluding carboxylic acids is 3. The van der Waals surface area contributed by atoms with Gasteiger partial charge in [0.1, 0.15) is 0 Å². The zero-order valence-corrected chi connectivity index (χ0v) is 28.7. The first-order valence-corrected chi connectivity index (χ1v) is 18.0. The highest BCUT2D eigenvalue weighted by atomic mass is 35.5. The van der Waals surface area contributed by atoms with E-state index >= 15 is 0 Å². The molecule has 10 nitrogen and oxygen atoms in total. The van der Waals surface area contributed by atoms with Crippen molar-refractivity contribution in [2.75, 3.05) is 70.0 Å². The smallest absolute Gasteiger partial charge is 0.386 e. The van der Waals surface area contributed by atoms with Gasteiger partial charge in [-0.2, -0.15) is 13.2 Å². The molecule has 1 aromatic heterocycles. The maximum atomic E-state index is 14.1. The van der Waals surface area contributed by atoms with Gasteiger partial charge in [-0.3, -0.25) is 14.5 Å². The Morgan fingerprint density at radius 3 is 2.35 bits per heavy atom. The van der Waals surface area contributed by atoms with Crippen molar-refractivity contribution < 1.29 is 27.6 Å². The molecule has 5 heterocycles. The van der Waals surface area contributed by atoms with Crippen LogP contribution in [0, 0.1) is 5.92 Å². The van der Waals surface area contributed by atoms with E-state index in [1.54, 1.807) is 21.1 Å². The van der Waals surface area contributed by atoms with E-state index in [-0.39, 0.29) is 53.0 Å². The van der Waals surface area contributed by atoms with E-state index in [4.69, 9.17) is 11.6 Å². The summed E-state index contributed by atoms with van der Waals surface area (Å²) in [7, 11) is 1.38. The Morgan fingerprint density at radius 2 is 1.69 bits per heavy atom. The molecular formula is C33H43ClF3N7O3S. The summed E-state index contributed by atoms with van der Waals surface area (Å²) in [6.45, 7) is 6.30. The first-order chi connectivity index (χ1) is 23.0. The second-order valence-electron chi connectivity index (χ2n) is 13.1. The Bertz CT molecular complexity index is 1490. The van der Waals surface area contributed by atoms with Crippen LogP contribution in [0.1, 0.15) is 48.1 Å². The summed E-state index contributed by atoms with van der Waals surface area (Å²) < 4.78 is 42.0. The largest absolute Gasteiger partial charge is 0.418 e. The van der Waals surface area contributed by atoms with Gasteiger partial charge in [0.15, 0.2) is 0 Å². The number of halogens is 4. The molecule has 262 valence electrons. The zero-order chi connectivity index (χ0) is 34.0. The molecular weight excluding hydrogens is 667 g/mol. The van der Waals surface area contributed by atoms with Gasteiger partial charge in [0.2, 0.25) is 11.8 Å². The molecule has 3 N–H and O–H groups in total. The number of piperazine rings is 1. The van der Waals surface area contributed by atoms with Crippen LogP contribution in [0.5, 0.6) is 0 Å². The van der Waals surface area contributed by atoms with Crippen molar-refractivity contribution in [3.63, 3.8) is 0 Å². The number of alkyl halides is 3. The molecule has 4 aliphatic rings. The van der Waals surface area contributed by atoms with Crippen molar-refractivity contribution in [1.82, 2.24) is 24.9 Å². The highest BCUT2D eigenvalue weighted by molar-refractivity contribution is 7.10. The number of likely N-dealkylation sites (tertiary alicyclic amines) is 2. The highest BCUT2D eigenvalue weighted by Gasteiger charge is 2.38. The number of hydrogen-bond acceptors (Lipinski definition) is 7. The van der Waals surface area contributed by atoms with Gasteiger partial charge >= 0.3 is 12.2 Å². The van der Waals surface area contributed by atoms with E-state index in [9.17, 15) is 27.6 Å². The lowest BCUT2D eigenvalue weighted by Crippen LogP contribution is -2.53. The number of amides is 4. The first-order valence-electron chi connectivity index (χ1n) is 16.7. The van der Waals surface area contributed by atoms with Crippen LogP contribution in [0.3, 0.4) is 0 Å². The van der Waals surface area contributed by atoms with E-state index in [0.717, 1.165) is 55.7 Å². The molecule has 0 saturated carbocycles. The number of rotatable bonds is 8. The van der Waals surface area contributed by atoms with Crippen LogP contribution in [0.25, 0.3) is 0 Å². The van der Waals surface area contributed by atoms with Gasteiger partial charge in [-0.25, -0.2) is 4.79 Å². The fraction of sp³-hybridized carbons (Fsp3) is 0.606. The van der Waals surface area contributed by atoms with Crippen LogP contribution in [-0.4, -0.2) is 109 Å². The molecule has 0 spiro atoms. The van der Waals surface area contributed by atoms with Crippen molar-refractivity contribution in [1.29, 1.82) is 0 Å². The third-order valence-electron chi connectivity index (χ3n) is 10.2. The Labute approximate surface area is 287 Å². The molecule has 1 atom stereocenters. The average molecular weight is 710 g/mol. The Kier molecular flexibility index (Phi) is 10.7. The number of urea groups is 1. The van der Waals surface area contributed by atoms with Gasteiger partial charge in [-0.05, 0) is 61.2 Å². The maximum Gasteiger partial charge on any atom is 0.418 e. The summed E-state index contributed by atoms with van der Waals surface area (Å²) in [5, 5.41) is 10.7. The van der Waals surface area contributed by atoms with E-state index < -0.39 is 17.7 Å². The summed E-state index contributed by atoms with van der Waals surface area (Å²) in [5.41, 5.74) is -0.0134. The van der Waals surface area contributed by atoms with Crippen LogP contribution >= 0.6 is 22.9 Å². The Hall–Kier alpha value is -3.07. The lowest BCUT2D eigenvalue weighted by molar-refractivity contribution is -0.143. The highest BCUT2D eigenvalue weighted by Crippen LogP contribution is 2.40. The number of piperidine rings is 2. The number of benzene rings is 1. The van der Waals surface area contributed by atoms with Gasteiger partial charge in [0.05, 0.1) is 34.4 Å². The number of fused-ring (bicyclic) bond motifs is 1. The third kappa shape index (κ3) is 7.71. The van der Waals surface area contributed by atoms with Crippen LogP contribution in [0.2, 0.25) is 5.02 Å². The first kappa shape index (κ1) is 34.8. The average Bonchev–Trinajstić information content (AvgIpc) is 3.54. The van der Waals surface area contributed by atoms with Crippen LogP contribution in [0.15, 0.2) is 23.6 Å². The molecule has 4 aliphatic heterocycles. The van der Waals surface area contributed by atoms with Crippen molar-refractivity contribution in [3.8, 4) is 0 Å². The quantitative estimate of drug-likeness (QED) is 0.359. The SMILES string of the molecule is CNc1c(Cl)cc(C[C@@H](CC(=O)N2CCC(N3Cc4sccc4NC3=O)CC2)C(=O)N2CCC(N3CCNCC3)CC2)cc1C(F)(F)F. The third-order valence-corrected chi connectivity index (χ3v) is 11.4. The molecule has 15 heteroatoms. The van der Waals surface area contributed by atoms with E-state index in [1.807, 2.05) is 16.3 Å². The lowest BCUT2D eigenvalue weighted by Gasteiger charge is -2.41. The Morgan fingerprint density at radius 1 is 1.02 bits per heavy atom. The fourth-order valence-corrected chi connectivity index (χ4v) is 8.76. The van der Waals surface area contributed by atoms with Gasteiger partial charge in [-0.1, -0.05) is 11.6 Å². The number of carbonyl (C=O) groups is 3. The Balaban J connectivity index is 1.14. The van der Waals surface area contributed by atoms with Gasteiger partial charge in [0, 0.05) is 82.8 Å². The number of thiophene rings is 1. The monoisotopic (exact) mass is 709 g/mol. The van der Waals surface area contributed by atoms with E-state index in [0.29, 0.717) is 51.6 Å². The maximum absolute atomic E-state index is 14.1. The minimum Gasteiger partial charge on any atom is -0.386 e. The number of nitrogens with one attached hydrogen (secondary N) is 3. The minimum absolute atomic E-state index is 0.0210. The van der Waals surface area contributed by atoms with E-state index in [2.05, 4.69) is 20.9 Å². The normalized spacial score (nSPS) is 20.8. The number of anilines is 2. The zero-order valence-electron chi connectivity index (χ0n) is 27.1. The van der Waals surface area contributed by atoms with Crippen LogP contribution in [0.4, 0.5) is 29.3 Å². The van der Waals surface area contributed by atoms with Crippen molar-refractivity contribution >= 4 is 52.2 Å². The second kappa shape index (κ2) is 14.8. The summed E-state index contributed by atoms with van der Waals surface area (Å²) >= 11 is 7.90. The molecule has 3 fully saturated rings. The van der Waals surface area contributed by atoms with Gasteiger partial charge in [-0.15, -0.1) is 11.3 Å². The van der Waals surface area contributed by atoms with Crippen molar-refractivity contribution in [2.45, 2.75) is 63.3 Å². The molecule has 4 amide bonds. The molecule has 6 rings (SSSR count). The molecule has 3 saturated heterocycles. The predicted molar refractivity (Wildman–Crippen MR) is 180 cm³/mol. The molecule has 2 aromatic rings. The molecule has 0 aliphatic carbocycles. The predicted octanol–water partition coefficient (Wildman–Crippen LogP) is 4.95. The molecule has 0 radical (unpaired) electrons. The molecule has 48 heavy (non-hydrogen) atoms. The molecule has 1 aromatic carbocycles. The van der Waals surface area contributed by atoms with Crippen LogP contribution in [-0.2, 0) is 28.7 Å². The number of nitrogens with zero attached hydrogens (tertiary/aromatic N) is 4. The van der Waals surface area contributed by atoms with Gasteiger partial charge < -0.3 is 30.7 Å². The summed E-state index contributed by atoms with van der Waals surface area (Å²) in [6.07, 6.45) is -1.96. The van der Waals surface area contributed by atoms with Gasteiger partial charge in [0.25, 0.3) is 0 Å². The van der Waals surface area contributed by atoms with Crippen LogP contribution < -0.4 is 16.0 Å². The number of hydrogen-bond donors (Lipinski definition) is 3. The topological polar surface area (TPSA) is 100 Å². The van der Waals surface area contributed by atoms with E-state index in [1.165, 1.54) is 13.1 Å². The fourth-order valence-electron chi connectivity index (χ4n) is 7.60. The molecule has 0 unspecified atom stereocenters. The van der Waals surface area contributed by atoms with Crippen molar-refractivity contribution in [2.24, 2.45) is 5.92 Å². The lowest BCUT2D eigenvalue weighted by atomic mass is 9.91. The second-order valence-corrected chi connectivity index (χ2v) is 14.5. The van der Waals surface area contributed by atoms with Crippen molar-refractivity contribution in [3.05, 3.63) is 44.6 Å².